The van der Waals surface area contributed by atoms with Gasteiger partial charge in [0.15, 0.2) is 0 Å². The average molecular weight is 461 g/mol. The Bertz CT molecular complexity index is 933. The number of nitrogens with one attached hydrogen (secondary N) is 1. The average Bonchev–Trinajstić information content (AvgIpc) is 2.69. The summed E-state index contributed by atoms with van der Waals surface area (Å²) in [4.78, 5) is 36.5. The van der Waals surface area contributed by atoms with Crippen molar-refractivity contribution in [3.05, 3.63) is 68.2 Å². The van der Waals surface area contributed by atoms with Gasteiger partial charge in [0.2, 0.25) is 5.91 Å². The molecule has 0 spiro atoms. The molecule has 2 aromatic carbocycles. The molecule has 0 aliphatic carbocycles. The maximum absolute atomic E-state index is 12.4. The number of hydrogen-bond acceptors (Lipinski definition) is 5. The second-order valence-electron chi connectivity index (χ2n) is 7.05. The summed E-state index contributed by atoms with van der Waals surface area (Å²) in [6.07, 6.45) is 1.78. The van der Waals surface area contributed by atoms with Gasteiger partial charge in [0, 0.05) is 30.4 Å². The van der Waals surface area contributed by atoms with Gasteiger partial charge in [-0.25, -0.2) is 0 Å². The number of nitro groups is 1. The van der Waals surface area contributed by atoms with Crippen LogP contribution in [-0.2, 0) is 11.3 Å². The summed E-state index contributed by atoms with van der Waals surface area (Å²) in [6, 6.07) is 11.6. The zero-order valence-electron chi connectivity index (χ0n) is 15.6. The van der Waals surface area contributed by atoms with E-state index >= 15 is 0 Å². The van der Waals surface area contributed by atoms with Gasteiger partial charge in [-0.2, -0.15) is 0 Å². The second-order valence-corrected chi connectivity index (χ2v) is 7.91. The van der Waals surface area contributed by atoms with Crippen LogP contribution in [0.15, 0.2) is 46.9 Å². The minimum atomic E-state index is -0.543. The van der Waals surface area contributed by atoms with Crippen molar-refractivity contribution < 1.29 is 14.5 Å². The Morgan fingerprint density at radius 1 is 1.24 bits per heavy atom. The summed E-state index contributed by atoms with van der Waals surface area (Å²) in [5.41, 5.74) is 7.12. The normalized spacial score (nSPS) is 16.9. The summed E-state index contributed by atoms with van der Waals surface area (Å²) in [5.74, 6) is -0.771. The first-order chi connectivity index (χ1) is 13.8. The van der Waals surface area contributed by atoms with Crippen LogP contribution in [0.2, 0.25) is 0 Å². The van der Waals surface area contributed by atoms with Crippen molar-refractivity contribution in [3.63, 3.8) is 0 Å². The summed E-state index contributed by atoms with van der Waals surface area (Å²) in [5, 5.41) is 13.8. The van der Waals surface area contributed by atoms with E-state index in [9.17, 15) is 19.7 Å². The van der Waals surface area contributed by atoms with E-state index in [2.05, 4.69) is 26.1 Å². The molecule has 2 aromatic rings. The second kappa shape index (κ2) is 9.15. The molecule has 1 heterocycles. The number of hydrogen-bond donors (Lipinski definition) is 2. The van der Waals surface area contributed by atoms with Gasteiger partial charge in [-0.15, -0.1) is 0 Å². The van der Waals surface area contributed by atoms with Crippen LogP contribution in [-0.4, -0.2) is 34.7 Å². The first kappa shape index (κ1) is 20.9. The number of nitrogens with zero attached hydrogens (tertiary/aromatic N) is 2. The van der Waals surface area contributed by atoms with Gasteiger partial charge in [-0.1, -0.05) is 12.1 Å². The van der Waals surface area contributed by atoms with Crippen LogP contribution in [0.5, 0.6) is 0 Å². The number of nitrogens with two attached hydrogens (primary N) is 1. The molecule has 1 aliphatic rings. The number of piperidine rings is 1. The number of anilines is 1. The van der Waals surface area contributed by atoms with Crippen molar-refractivity contribution in [3.8, 4) is 0 Å². The Kier molecular flexibility index (Phi) is 6.60. The standard InChI is InChI=1S/C20H21BrN4O4/c21-17-8-5-14(10-18(17)25(28)29)20(27)23-16-6-3-13(4-7-16)11-24-9-1-2-15(12-24)19(22)26/h3-8,10,15H,1-2,9,11-12H2,(H2,22,26)(H,23,27). The van der Waals surface area contributed by atoms with Crippen LogP contribution in [0.25, 0.3) is 0 Å². The molecule has 9 heteroatoms. The topological polar surface area (TPSA) is 119 Å². The number of nitro benzene ring substituents is 1. The monoisotopic (exact) mass is 460 g/mol. The summed E-state index contributed by atoms with van der Waals surface area (Å²) < 4.78 is 0.319. The van der Waals surface area contributed by atoms with Crippen LogP contribution in [0, 0.1) is 16.0 Å². The van der Waals surface area contributed by atoms with Crippen LogP contribution in [0.3, 0.4) is 0 Å². The van der Waals surface area contributed by atoms with Gasteiger partial charge in [0.25, 0.3) is 11.6 Å². The molecule has 152 valence electrons. The molecule has 1 saturated heterocycles. The lowest BCUT2D eigenvalue weighted by Crippen LogP contribution is -2.40. The third kappa shape index (κ3) is 5.39. The highest BCUT2D eigenvalue weighted by molar-refractivity contribution is 9.10. The minimum absolute atomic E-state index is 0.0997. The first-order valence-electron chi connectivity index (χ1n) is 9.19. The van der Waals surface area contributed by atoms with Crippen molar-refractivity contribution in [2.24, 2.45) is 11.7 Å². The largest absolute Gasteiger partial charge is 0.369 e. The van der Waals surface area contributed by atoms with Gasteiger partial charge in [-0.3, -0.25) is 24.6 Å². The van der Waals surface area contributed by atoms with Crippen LogP contribution in [0.1, 0.15) is 28.8 Å². The van der Waals surface area contributed by atoms with Crippen LogP contribution in [0.4, 0.5) is 11.4 Å². The molecule has 2 amide bonds. The van der Waals surface area contributed by atoms with Crippen molar-refractivity contribution in [2.45, 2.75) is 19.4 Å². The van der Waals surface area contributed by atoms with E-state index < -0.39 is 10.8 Å². The Labute approximate surface area is 176 Å². The smallest absolute Gasteiger partial charge is 0.284 e. The molecular formula is C20H21BrN4O4. The number of likely N-dealkylation sites (tertiary alicyclic amines) is 1. The van der Waals surface area contributed by atoms with Crippen molar-refractivity contribution in [2.75, 3.05) is 18.4 Å². The molecule has 1 unspecified atom stereocenters. The highest BCUT2D eigenvalue weighted by atomic mass is 79.9. The fourth-order valence-corrected chi connectivity index (χ4v) is 3.77. The Hall–Kier alpha value is -2.78. The summed E-state index contributed by atoms with van der Waals surface area (Å²) in [7, 11) is 0. The lowest BCUT2D eigenvalue weighted by molar-refractivity contribution is -0.385. The fraction of sp³-hybridized carbons (Fsp3) is 0.300. The first-order valence-corrected chi connectivity index (χ1v) is 9.98. The predicted molar refractivity (Wildman–Crippen MR) is 112 cm³/mol. The maximum Gasteiger partial charge on any atom is 0.284 e. The lowest BCUT2D eigenvalue weighted by Gasteiger charge is -2.31. The Morgan fingerprint density at radius 2 is 1.97 bits per heavy atom. The van der Waals surface area contributed by atoms with E-state index in [1.54, 1.807) is 12.1 Å². The van der Waals surface area contributed by atoms with Crippen molar-refractivity contribution >= 4 is 39.1 Å². The Morgan fingerprint density at radius 3 is 2.62 bits per heavy atom. The number of amides is 2. The molecule has 1 fully saturated rings. The quantitative estimate of drug-likeness (QED) is 0.506. The third-order valence-corrected chi connectivity index (χ3v) is 5.60. The van der Waals surface area contributed by atoms with E-state index in [-0.39, 0.29) is 23.1 Å². The van der Waals surface area contributed by atoms with Gasteiger partial charge in [0.1, 0.15) is 0 Å². The van der Waals surface area contributed by atoms with Crippen molar-refractivity contribution in [1.29, 1.82) is 0 Å². The number of carbonyl (C=O) groups is 2. The van der Waals surface area contributed by atoms with E-state index in [1.807, 2.05) is 12.1 Å². The Balaban J connectivity index is 1.62. The summed E-state index contributed by atoms with van der Waals surface area (Å²) in [6.45, 7) is 2.29. The fourth-order valence-electron chi connectivity index (χ4n) is 3.38. The van der Waals surface area contributed by atoms with Crippen LogP contribution >= 0.6 is 15.9 Å². The highest BCUT2D eigenvalue weighted by Crippen LogP contribution is 2.26. The number of rotatable bonds is 6. The molecule has 1 aliphatic heterocycles. The van der Waals surface area contributed by atoms with E-state index in [1.165, 1.54) is 18.2 Å². The molecule has 0 radical (unpaired) electrons. The van der Waals surface area contributed by atoms with E-state index in [0.717, 1.165) is 24.9 Å². The maximum atomic E-state index is 12.4. The molecular weight excluding hydrogens is 440 g/mol. The number of carbonyl (C=O) groups excluding carboxylic acids is 2. The highest BCUT2D eigenvalue weighted by Gasteiger charge is 2.23. The third-order valence-electron chi connectivity index (χ3n) is 4.93. The lowest BCUT2D eigenvalue weighted by atomic mass is 9.97. The minimum Gasteiger partial charge on any atom is -0.369 e. The van der Waals surface area contributed by atoms with Gasteiger partial charge in [-0.05, 0) is 65.1 Å². The van der Waals surface area contributed by atoms with E-state index in [4.69, 9.17) is 5.73 Å². The molecule has 0 bridgehead atoms. The molecule has 0 aromatic heterocycles. The number of halogens is 1. The zero-order valence-corrected chi connectivity index (χ0v) is 17.2. The number of primary amides is 1. The van der Waals surface area contributed by atoms with Crippen molar-refractivity contribution in [1.82, 2.24) is 4.90 Å². The SMILES string of the molecule is NC(=O)C1CCCN(Cc2ccc(NC(=O)c3ccc(Br)c([N+](=O)[O-])c3)cc2)C1. The zero-order chi connectivity index (χ0) is 21.0. The summed E-state index contributed by atoms with van der Waals surface area (Å²) >= 11 is 3.10. The van der Waals surface area contributed by atoms with Crippen LogP contribution < -0.4 is 11.1 Å². The molecule has 8 nitrogen and oxygen atoms in total. The number of benzene rings is 2. The molecule has 1 atom stereocenters. The van der Waals surface area contributed by atoms with Gasteiger partial charge < -0.3 is 11.1 Å². The van der Waals surface area contributed by atoms with Gasteiger partial charge in [0.05, 0.1) is 15.3 Å². The molecule has 3 N–H and O–H groups in total. The molecule has 29 heavy (non-hydrogen) atoms. The van der Waals surface area contributed by atoms with Gasteiger partial charge >= 0.3 is 0 Å². The molecule has 0 saturated carbocycles. The predicted octanol–water partition coefficient (Wildman–Crippen LogP) is 3.31. The molecule has 3 rings (SSSR count). The van der Waals surface area contributed by atoms with E-state index in [0.29, 0.717) is 23.2 Å².